The number of aliphatic imine (C=N–C) groups is 1. The normalized spacial score (nSPS) is 15.9. The molecule has 1 saturated carbocycles. The molecule has 1 aliphatic rings. The number of hydrogen-bond acceptors (Lipinski definition) is 5. The van der Waals surface area contributed by atoms with Gasteiger partial charge in [-0.2, -0.15) is 5.10 Å². The Morgan fingerprint density at radius 1 is 1.34 bits per heavy atom. The van der Waals surface area contributed by atoms with Crippen LogP contribution in [0.15, 0.2) is 27.8 Å². The minimum absolute atomic E-state index is 0. The molecule has 1 fully saturated rings. The van der Waals surface area contributed by atoms with Crippen LogP contribution in [-0.4, -0.2) is 54.0 Å². The molecule has 3 N–H and O–H groups in total. The minimum atomic E-state index is 0. The van der Waals surface area contributed by atoms with E-state index in [0.717, 1.165) is 37.8 Å². The molecule has 0 aliphatic heterocycles. The number of guanidine groups is 1. The molecule has 2 aromatic heterocycles. The van der Waals surface area contributed by atoms with Crippen LogP contribution in [0.5, 0.6) is 0 Å². The first-order valence-corrected chi connectivity index (χ1v) is 10.3. The predicted molar refractivity (Wildman–Crippen MR) is 125 cm³/mol. The maximum Gasteiger partial charge on any atom is 0.216 e. The highest BCUT2D eigenvalue weighted by molar-refractivity contribution is 14.0. The minimum Gasteiger partial charge on any atom is -0.461 e. The van der Waals surface area contributed by atoms with E-state index in [4.69, 9.17) is 9.15 Å². The predicted octanol–water partition coefficient (Wildman–Crippen LogP) is 3.38. The molecule has 9 heteroatoms. The second-order valence-corrected chi connectivity index (χ2v) is 7.09. The first kappa shape index (κ1) is 23.7. The summed E-state index contributed by atoms with van der Waals surface area (Å²) in [6.45, 7) is 4.43. The van der Waals surface area contributed by atoms with Crippen molar-refractivity contribution in [2.24, 2.45) is 10.9 Å². The fourth-order valence-electron chi connectivity index (χ4n) is 3.77. The molecule has 1 atom stereocenters. The van der Waals surface area contributed by atoms with Gasteiger partial charge >= 0.3 is 0 Å². The number of H-pyrrole nitrogens is 1. The number of furan rings is 1. The lowest BCUT2D eigenvalue weighted by Gasteiger charge is -2.24. The molecule has 1 unspecified atom stereocenters. The van der Waals surface area contributed by atoms with Gasteiger partial charge in [-0.05, 0) is 44.2 Å². The summed E-state index contributed by atoms with van der Waals surface area (Å²) >= 11 is 0. The molecular weight excluding hydrogens is 483 g/mol. The summed E-state index contributed by atoms with van der Waals surface area (Å²) in [5, 5.41) is 13.9. The third-order valence-electron chi connectivity index (χ3n) is 5.18. The molecular formula is C20H33IN6O2. The highest BCUT2D eigenvalue weighted by Gasteiger charge is 2.25. The maximum absolute atomic E-state index is 5.99. The SMILES string of the molecule is CCOC(CCNC(=NC)NCCc1nc(-c2ccco2)n[nH]1)C1CCCC1.I. The molecule has 0 saturated heterocycles. The Bertz CT molecular complexity index is 712. The number of aromatic amines is 1. The molecule has 1 aliphatic carbocycles. The van der Waals surface area contributed by atoms with Gasteiger partial charge in [-0.25, -0.2) is 4.98 Å². The molecule has 3 rings (SSSR count). The summed E-state index contributed by atoms with van der Waals surface area (Å²) in [7, 11) is 1.79. The van der Waals surface area contributed by atoms with Gasteiger partial charge in [-0.15, -0.1) is 24.0 Å². The highest BCUT2D eigenvalue weighted by Crippen LogP contribution is 2.30. The van der Waals surface area contributed by atoms with Gasteiger partial charge in [0.05, 0.1) is 12.4 Å². The van der Waals surface area contributed by atoms with E-state index < -0.39 is 0 Å². The average Bonchev–Trinajstić information content (AvgIpc) is 3.48. The summed E-state index contributed by atoms with van der Waals surface area (Å²) in [6, 6.07) is 3.67. The lowest BCUT2D eigenvalue weighted by molar-refractivity contribution is 0.0169. The van der Waals surface area contributed by atoms with Gasteiger partial charge < -0.3 is 19.8 Å². The summed E-state index contributed by atoms with van der Waals surface area (Å²) in [6.07, 6.45) is 8.98. The van der Waals surface area contributed by atoms with Crippen molar-refractivity contribution in [3.05, 3.63) is 24.2 Å². The van der Waals surface area contributed by atoms with E-state index in [1.165, 1.54) is 25.7 Å². The zero-order valence-electron chi connectivity index (χ0n) is 17.3. The van der Waals surface area contributed by atoms with Crippen molar-refractivity contribution in [3.63, 3.8) is 0 Å². The van der Waals surface area contributed by atoms with E-state index in [1.807, 2.05) is 12.1 Å². The lowest BCUT2D eigenvalue weighted by Crippen LogP contribution is -2.40. The van der Waals surface area contributed by atoms with Gasteiger partial charge in [-0.3, -0.25) is 10.1 Å². The molecule has 29 heavy (non-hydrogen) atoms. The second-order valence-electron chi connectivity index (χ2n) is 7.09. The zero-order valence-corrected chi connectivity index (χ0v) is 19.6. The van der Waals surface area contributed by atoms with Gasteiger partial charge in [0.25, 0.3) is 0 Å². The molecule has 0 amide bonds. The van der Waals surface area contributed by atoms with E-state index in [9.17, 15) is 0 Å². The van der Waals surface area contributed by atoms with Crippen LogP contribution in [-0.2, 0) is 11.2 Å². The van der Waals surface area contributed by atoms with Crippen LogP contribution < -0.4 is 10.6 Å². The molecule has 162 valence electrons. The van der Waals surface area contributed by atoms with E-state index in [1.54, 1.807) is 13.3 Å². The lowest BCUT2D eigenvalue weighted by atomic mass is 9.98. The van der Waals surface area contributed by atoms with Crippen molar-refractivity contribution in [2.75, 3.05) is 26.7 Å². The van der Waals surface area contributed by atoms with Crippen molar-refractivity contribution in [1.82, 2.24) is 25.8 Å². The molecule has 2 heterocycles. The Hall–Kier alpha value is -1.62. The van der Waals surface area contributed by atoms with Gasteiger partial charge in [-0.1, -0.05) is 12.8 Å². The van der Waals surface area contributed by atoms with Crippen LogP contribution in [0.4, 0.5) is 0 Å². The molecule has 0 radical (unpaired) electrons. The summed E-state index contributed by atoms with van der Waals surface area (Å²) in [5.74, 6) is 3.57. The van der Waals surface area contributed by atoms with Crippen molar-refractivity contribution < 1.29 is 9.15 Å². The summed E-state index contributed by atoms with van der Waals surface area (Å²) < 4.78 is 11.3. The topological polar surface area (TPSA) is 100 Å². The largest absolute Gasteiger partial charge is 0.461 e. The van der Waals surface area contributed by atoms with E-state index >= 15 is 0 Å². The monoisotopic (exact) mass is 516 g/mol. The standard InChI is InChI=1S/C20H32N6O2.HI/c1-3-27-16(15-7-4-5-8-15)10-12-22-20(21-2)23-13-11-18-24-19(26-25-18)17-9-6-14-28-17;/h6,9,14-16H,3-5,7-8,10-13H2,1-2H3,(H2,21,22,23)(H,24,25,26);1H. The molecule has 0 spiro atoms. The smallest absolute Gasteiger partial charge is 0.216 e. The van der Waals surface area contributed by atoms with Crippen LogP contribution in [0.3, 0.4) is 0 Å². The maximum atomic E-state index is 5.99. The number of rotatable bonds is 10. The number of ether oxygens (including phenoxy) is 1. The Morgan fingerprint density at radius 3 is 2.83 bits per heavy atom. The average molecular weight is 516 g/mol. The van der Waals surface area contributed by atoms with Gasteiger partial charge in [0.2, 0.25) is 5.82 Å². The quantitative estimate of drug-likeness (QED) is 0.255. The first-order valence-electron chi connectivity index (χ1n) is 10.3. The molecule has 2 aromatic rings. The van der Waals surface area contributed by atoms with E-state index in [-0.39, 0.29) is 24.0 Å². The van der Waals surface area contributed by atoms with Crippen LogP contribution in [0.1, 0.15) is 44.9 Å². The zero-order chi connectivity index (χ0) is 19.6. The summed E-state index contributed by atoms with van der Waals surface area (Å²) in [4.78, 5) is 8.75. The van der Waals surface area contributed by atoms with Crippen molar-refractivity contribution in [2.45, 2.75) is 51.6 Å². The Kier molecular flexibility index (Phi) is 10.5. The van der Waals surface area contributed by atoms with Crippen LogP contribution >= 0.6 is 24.0 Å². The number of halogens is 1. The van der Waals surface area contributed by atoms with Crippen LogP contribution in [0.2, 0.25) is 0 Å². The number of nitrogens with zero attached hydrogens (tertiary/aromatic N) is 3. The summed E-state index contributed by atoms with van der Waals surface area (Å²) in [5.41, 5.74) is 0. The van der Waals surface area contributed by atoms with Gasteiger partial charge in [0.1, 0.15) is 5.82 Å². The van der Waals surface area contributed by atoms with Gasteiger partial charge in [0, 0.05) is 33.2 Å². The van der Waals surface area contributed by atoms with Crippen molar-refractivity contribution in [1.29, 1.82) is 0 Å². The number of hydrogen-bond donors (Lipinski definition) is 3. The van der Waals surface area contributed by atoms with Gasteiger partial charge in [0.15, 0.2) is 11.7 Å². The van der Waals surface area contributed by atoms with E-state index in [0.29, 0.717) is 30.2 Å². The second kappa shape index (κ2) is 12.8. The third-order valence-corrected chi connectivity index (χ3v) is 5.18. The van der Waals surface area contributed by atoms with Crippen molar-refractivity contribution in [3.8, 4) is 11.6 Å². The molecule has 8 nitrogen and oxygen atoms in total. The van der Waals surface area contributed by atoms with Crippen LogP contribution in [0.25, 0.3) is 11.6 Å². The van der Waals surface area contributed by atoms with Crippen molar-refractivity contribution >= 4 is 29.9 Å². The first-order chi connectivity index (χ1) is 13.8. The highest BCUT2D eigenvalue weighted by atomic mass is 127. The molecule has 0 aromatic carbocycles. The number of nitrogens with one attached hydrogen (secondary N) is 3. The van der Waals surface area contributed by atoms with E-state index in [2.05, 4.69) is 37.7 Å². The Morgan fingerprint density at radius 2 is 2.14 bits per heavy atom. The van der Waals surface area contributed by atoms with Crippen LogP contribution in [0, 0.1) is 5.92 Å². The fraction of sp³-hybridized carbons (Fsp3) is 0.650. The fourth-order valence-corrected chi connectivity index (χ4v) is 3.77. The third kappa shape index (κ3) is 7.29. The Balaban J connectivity index is 0.00000300. The number of aromatic nitrogens is 3. The Labute approximate surface area is 189 Å². The molecule has 0 bridgehead atoms.